The molecule has 140 valence electrons. The Bertz CT molecular complexity index is 756. The van der Waals surface area contributed by atoms with Crippen LogP contribution in [0, 0.1) is 5.92 Å². The van der Waals surface area contributed by atoms with Crippen molar-refractivity contribution >= 4 is 15.9 Å². The smallest absolute Gasteiger partial charge is 0.223 e. The number of rotatable bonds is 4. The number of nitrogens with one attached hydrogen (secondary N) is 1. The molecule has 3 heterocycles. The molecule has 2 aliphatic rings. The highest BCUT2D eigenvalue weighted by Crippen LogP contribution is 2.28. The lowest BCUT2D eigenvalue weighted by molar-refractivity contribution is -0.135. The van der Waals surface area contributed by atoms with Crippen LogP contribution in [0.25, 0.3) is 0 Å². The molecule has 0 saturated carbocycles. The molecule has 1 saturated heterocycles. The molecule has 0 bridgehead atoms. The monoisotopic (exact) mass is 370 g/mol. The van der Waals surface area contributed by atoms with Gasteiger partial charge in [-0.3, -0.25) is 9.48 Å². The fraction of sp³-hybridized carbons (Fsp3) is 0.750. The number of hydrogen-bond donors (Lipinski definition) is 1. The molecule has 0 aliphatic carbocycles. The summed E-state index contributed by atoms with van der Waals surface area (Å²) < 4.78 is 32.3. The van der Waals surface area contributed by atoms with Crippen LogP contribution in [0.4, 0.5) is 0 Å². The van der Waals surface area contributed by atoms with Gasteiger partial charge in [-0.2, -0.15) is 9.40 Å². The SMILES string of the molecule is CC1(C)C[C@H](C(=O)NCc2cc3n(n2)CCN(S(C)(=O)=O)C3)CCO1. The largest absolute Gasteiger partial charge is 0.376 e. The first-order chi connectivity index (χ1) is 11.6. The van der Waals surface area contributed by atoms with E-state index in [1.807, 2.05) is 24.6 Å². The van der Waals surface area contributed by atoms with Gasteiger partial charge in [-0.1, -0.05) is 0 Å². The summed E-state index contributed by atoms with van der Waals surface area (Å²) in [5.74, 6) is -0.0122. The van der Waals surface area contributed by atoms with E-state index in [4.69, 9.17) is 4.74 Å². The fourth-order valence-corrected chi connectivity index (χ4v) is 4.23. The third kappa shape index (κ3) is 4.39. The van der Waals surface area contributed by atoms with Crippen molar-refractivity contribution in [1.29, 1.82) is 0 Å². The Kier molecular flexibility index (Phi) is 4.91. The Morgan fingerprint density at radius 1 is 1.44 bits per heavy atom. The molecule has 1 fully saturated rings. The van der Waals surface area contributed by atoms with Gasteiger partial charge in [0.1, 0.15) is 0 Å². The van der Waals surface area contributed by atoms with Crippen molar-refractivity contribution in [1.82, 2.24) is 19.4 Å². The average Bonchev–Trinajstić information content (AvgIpc) is 2.92. The van der Waals surface area contributed by atoms with E-state index in [1.54, 1.807) is 0 Å². The Labute approximate surface area is 148 Å². The second-order valence-corrected chi connectivity index (χ2v) is 9.44. The van der Waals surface area contributed by atoms with Crippen LogP contribution in [0.5, 0.6) is 0 Å². The number of carbonyl (C=O) groups excluding carboxylic acids is 1. The van der Waals surface area contributed by atoms with Gasteiger partial charge < -0.3 is 10.1 Å². The molecule has 1 aromatic heterocycles. The first-order valence-corrected chi connectivity index (χ1v) is 10.4. The van der Waals surface area contributed by atoms with Gasteiger partial charge >= 0.3 is 0 Å². The molecule has 2 aliphatic heterocycles. The first kappa shape index (κ1) is 18.3. The minimum Gasteiger partial charge on any atom is -0.376 e. The normalized spacial score (nSPS) is 23.9. The zero-order valence-electron chi connectivity index (χ0n) is 15.0. The van der Waals surface area contributed by atoms with Crippen molar-refractivity contribution in [2.24, 2.45) is 5.92 Å². The third-order valence-corrected chi connectivity index (χ3v) is 6.04. The number of carbonyl (C=O) groups is 1. The lowest BCUT2D eigenvalue weighted by Gasteiger charge is -2.34. The second kappa shape index (κ2) is 6.69. The maximum Gasteiger partial charge on any atom is 0.223 e. The van der Waals surface area contributed by atoms with Crippen LogP contribution in [0.1, 0.15) is 38.1 Å². The summed E-state index contributed by atoms with van der Waals surface area (Å²) in [7, 11) is -3.20. The quantitative estimate of drug-likeness (QED) is 0.832. The standard InChI is InChI=1S/C16H26N4O4S/c1-16(2)9-12(4-7-24-16)15(21)17-10-13-8-14-11-19(25(3,22)23)5-6-20(14)18-13/h8,12H,4-7,9-11H2,1-3H3,(H,17,21)/t12-/m1/s1. The van der Waals surface area contributed by atoms with Crippen LogP contribution < -0.4 is 5.32 Å². The molecular formula is C16H26N4O4S. The van der Waals surface area contributed by atoms with Gasteiger partial charge in [-0.15, -0.1) is 0 Å². The van der Waals surface area contributed by atoms with E-state index in [1.165, 1.54) is 10.6 Å². The van der Waals surface area contributed by atoms with Gasteiger partial charge in [0.2, 0.25) is 15.9 Å². The van der Waals surface area contributed by atoms with Crippen molar-refractivity contribution < 1.29 is 17.9 Å². The molecule has 1 aromatic rings. The summed E-state index contributed by atoms with van der Waals surface area (Å²) in [4.78, 5) is 12.4. The lowest BCUT2D eigenvalue weighted by Crippen LogP contribution is -2.41. The molecule has 1 amide bonds. The summed E-state index contributed by atoms with van der Waals surface area (Å²) in [6.45, 7) is 6.25. The van der Waals surface area contributed by atoms with Gasteiger partial charge in [-0.05, 0) is 32.8 Å². The van der Waals surface area contributed by atoms with E-state index < -0.39 is 10.0 Å². The maximum absolute atomic E-state index is 12.4. The summed E-state index contributed by atoms with van der Waals surface area (Å²) >= 11 is 0. The molecule has 25 heavy (non-hydrogen) atoms. The Morgan fingerprint density at radius 2 is 2.20 bits per heavy atom. The zero-order chi connectivity index (χ0) is 18.2. The number of sulfonamides is 1. The van der Waals surface area contributed by atoms with E-state index in [0.29, 0.717) is 39.2 Å². The lowest BCUT2D eigenvalue weighted by atomic mass is 9.88. The molecule has 0 spiro atoms. The second-order valence-electron chi connectivity index (χ2n) is 7.46. The van der Waals surface area contributed by atoms with Crippen LogP contribution in [-0.2, 0) is 39.2 Å². The number of fused-ring (bicyclic) bond motifs is 1. The van der Waals surface area contributed by atoms with Gasteiger partial charge in [0.15, 0.2) is 0 Å². The van der Waals surface area contributed by atoms with Gasteiger partial charge in [0.25, 0.3) is 0 Å². The van der Waals surface area contributed by atoms with Gasteiger partial charge in [0.05, 0.1) is 42.9 Å². The molecular weight excluding hydrogens is 344 g/mol. The first-order valence-electron chi connectivity index (χ1n) is 8.56. The topological polar surface area (TPSA) is 93.5 Å². The molecule has 3 rings (SSSR count). The summed E-state index contributed by atoms with van der Waals surface area (Å²) in [6.07, 6.45) is 2.66. The van der Waals surface area contributed by atoms with Crippen molar-refractivity contribution in [2.45, 2.75) is 51.9 Å². The van der Waals surface area contributed by atoms with Crippen LogP contribution in [0.3, 0.4) is 0 Å². The van der Waals surface area contributed by atoms with Crippen molar-refractivity contribution in [2.75, 3.05) is 19.4 Å². The van der Waals surface area contributed by atoms with E-state index in [9.17, 15) is 13.2 Å². The highest BCUT2D eigenvalue weighted by atomic mass is 32.2. The predicted molar refractivity (Wildman–Crippen MR) is 92.1 cm³/mol. The zero-order valence-corrected chi connectivity index (χ0v) is 15.8. The predicted octanol–water partition coefficient (Wildman–Crippen LogP) is 0.480. The third-order valence-electron chi connectivity index (χ3n) is 4.79. The van der Waals surface area contributed by atoms with E-state index >= 15 is 0 Å². The van der Waals surface area contributed by atoms with Crippen LogP contribution in [0.15, 0.2) is 6.07 Å². The summed E-state index contributed by atoms with van der Waals surface area (Å²) in [6, 6.07) is 1.87. The molecule has 0 aromatic carbocycles. The Morgan fingerprint density at radius 3 is 2.88 bits per heavy atom. The minimum atomic E-state index is -3.20. The number of aromatic nitrogens is 2. The Balaban J connectivity index is 1.58. The fourth-order valence-electron chi connectivity index (χ4n) is 3.45. The number of ether oxygens (including phenoxy) is 1. The summed E-state index contributed by atoms with van der Waals surface area (Å²) in [5, 5.41) is 7.42. The van der Waals surface area contributed by atoms with E-state index in [-0.39, 0.29) is 17.4 Å². The average molecular weight is 370 g/mol. The molecule has 1 N–H and O–H groups in total. The molecule has 1 atom stereocenters. The van der Waals surface area contributed by atoms with E-state index in [2.05, 4.69) is 10.4 Å². The molecule has 0 radical (unpaired) electrons. The Hall–Kier alpha value is -1.45. The number of nitrogens with zero attached hydrogens (tertiary/aromatic N) is 3. The van der Waals surface area contributed by atoms with Gasteiger partial charge in [0, 0.05) is 19.1 Å². The summed E-state index contributed by atoms with van der Waals surface area (Å²) in [5.41, 5.74) is 1.35. The highest BCUT2D eigenvalue weighted by molar-refractivity contribution is 7.88. The van der Waals surface area contributed by atoms with Crippen molar-refractivity contribution in [3.8, 4) is 0 Å². The van der Waals surface area contributed by atoms with Crippen LogP contribution in [-0.4, -0.2) is 53.4 Å². The van der Waals surface area contributed by atoms with E-state index in [0.717, 1.165) is 17.8 Å². The molecule has 8 nitrogen and oxygen atoms in total. The molecule has 9 heteroatoms. The van der Waals surface area contributed by atoms with Crippen LogP contribution >= 0.6 is 0 Å². The van der Waals surface area contributed by atoms with Gasteiger partial charge in [-0.25, -0.2) is 8.42 Å². The molecule has 0 unspecified atom stereocenters. The number of amides is 1. The minimum absolute atomic E-state index is 0.0279. The number of hydrogen-bond acceptors (Lipinski definition) is 5. The highest BCUT2D eigenvalue weighted by Gasteiger charge is 2.33. The van der Waals surface area contributed by atoms with Crippen molar-refractivity contribution in [3.63, 3.8) is 0 Å². The maximum atomic E-state index is 12.4. The van der Waals surface area contributed by atoms with Crippen molar-refractivity contribution in [3.05, 3.63) is 17.5 Å². The van der Waals surface area contributed by atoms with Crippen LogP contribution in [0.2, 0.25) is 0 Å².